The van der Waals surface area contributed by atoms with Gasteiger partial charge in [0.25, 0.3) is 0 Å². The second-order valence-corrected chi connectivity index (χ2v) is 3.99. The fourth-order valence-corrected chi connectivity index (χ4v) is 1.39. The Balaban J connectivity index is 2.89. The number of rotatable bonds is 4. The van der Waals surface area contributed by atoms with Gasteiger partial charge in [-0.25, -0.2) is 0 Å². The lowest BCUT2D eigenvalue weighted by molar-refractivity contribution is -0.147. The summed E-state index contributed by atoms with van der Waals surface area (Å²) in [5.74, 6) is -0.882. The molecule has 0 aromatic heterocycles. The van der Waals surface area contributed by atoms with E-state index in [-0.39, 0.29) is 6.54 Å². The molecule has 5 N–H and O–H groups in total. The molecule has 15 heavy (non-hydrogen) atoms. The number of hydrogen-bond donors (Lipinski definition) is 3. The van der Waals surface area contributed by atoms with Crippen LogP contribution in [0, 0.1) is 5.41 Å². The summed E-state index contributed by atoms with van der Waals surface area (Å²) in [6.45, 7) is 1.75. The minimum atomic E-state index is -0.923. The van der Waals surface area contributed by atoms with Crippen LogP contribution in [0.5, 0.6) is 0 Å². The molecule has 0 fully saturated rings. The maximum atomic E-state index is 11.0. The molecule has 0 radical (unpaired) electrons. The van der Waals surface area contributed by atoms with E-state index in [9.17, 15) is 4.79 Å². The van der Waals surface area contributed by atoms with E-state index in [0.29, 0.717) is 12.1 Å². The van der Waals surface area contributed by atoms with E-state index in [1.54, 1.807) is 19.1 Å². The van der Waals surface area contributed by atoms with Crippen molar-refractivity contribution in [1.82, 2.24) is 0 Å². The predicted molar refractivity (Wildman–Crippen MR) is 59.4 cm³/mol. The van der Waals surface area contributed by atoms with Crippen LogP contribution in [0.4, 0.5) is 5.69 Å². The van der Waals surface area contributed by atoms with Gasteiger partial charge in [0.15, 0.2) is 0 Å². The van der Waals surface area contributed by atoms with Gasteiger partial charge in [-0.3, -0.25) is 4.79 Å². The number of anilines is 1. The molecule has 1 rings (SSSR count). The van der Waals surface area contributed by atoms with E-state index in [2.05, 4.69) is 0 Å². The molecule has 4 nitrogen and oxygen atoms in total. The van der Waals surface area contributed by atoms with Crippen molar-refractivity contribution in [2.24, 2.45) is 11.1 Å². The number of aliphatic carboxylic acids is 1. The van der Waals surface area contributed by atoms with Crippen LogP contribution in [0.25, 0.3) is 0 Å². The van der Waals surface area contributed by atoms with E-state index >= 15 is 0 Å². The molecule has 1 atom stereocenters. The number of nitrogens with two attached hydrogens (primary N) is 2. The summed E-state index contributed by atoms with van der Waals surface area (Å²) >= 11 is 0. The summed E-state index contributed by atoms with van der Waals surface area (Å²) in [5.41, 5.74) is 11.7. The Hall–Kier alpha value is -1.55. The zero-order valence-corrected chi connectivity index (χ0v) is 8.73. The molecular formula is C11H16N2O2. The average molecular weight is 208 g/mol. The van der Waals surface area contributed by atoms with Crippen LogP contribution in [0.3, 0.4) is 0 Å². The van der Waals surface area contributed by atoms with Crippen molar-refractivity contribution in [3.8, 4) is 0 Å². The minimum absolute atomic E-state index is 0.108. The van der Waals surface area contributed by atoms with Crippen LogP contribution in [0.2, 0.25) is 0 Å². The smallest absolute Gasteiger partial charge is 0.310 e. The van der Waals surface area contributed by atoms with Gasteiger partial charge in [0.05, 0.1) is 5.41 Å². The third kappa shape index (κ3) is 2.70. The Kier molecular flexibility index (Phi) is 3.31. The molecule has 1 aromatic carbocycles. The summed E-state index contributed by atoms with van der Waals surface area (Å²) in [7, 11) is 0. The van der Waals surface area contributed by atoms with Crippen molar-refractivity contribution in [2.75, 3.05) is 12.3 Å². The monoisotopic (exact) mass is 208 g/mol. The number of hydrogen-bond acceptors (Lipinski definition) is 3. The first-order valence-electron chi connectivity index (χ1n) is 4.76. The van der Waals surface area contributed by atoms with E-state index in [4.69, 9.17) is 16.6 Å². The molecule has 0 spiro atoms. The summed E-state index contributed by atoms with van der Waals surface area (Å²) in [6, 6.07) is 7.21. The first-order valence-corrected chi connectivity index (χ1v) is 4.76. The second-order valence-electron chi connectivity index (χ2n) is 3.99. The number of benzene rings is 1. The highest BCUT2D eigenvalue weighted by molar-refractivity contribution is 5.75. The second kappa shape index (κ2) is 4.31. The third-order valence-corrected chi connectivity index (χ3v) is 2.51. The van der Waals surface area contributed by atoms with Gasteiger partial charge < -0.3 is 16.6 Å². The largest absolute Gasteiger partial charge is 0.481 e. The lowest BCUT2D eigenvalue weighted by Gasteiger charge is -2.22. The minimum Gasteiger partial charge on any atom is -0.481 e. The average Bonchev–Trinajstić information content (AvgIpc) is 2.17. The topological polar surface area (TPSA) is 89.3 Å². The summed E-state index contributed by atoms with van der Waals surface area (Å²) in [5, 5.41) is 9.05. The van der Waals surface area contributed by atoms with Crippen LogP contribution in [0.1, 0.15) is 12.5 Å². The van der Waals surface area contributed by atoms with Crippen LogP contribution in [0.15, 0.2) is 24.3 Å². The van der Waals surface area contributed by atoms with Crippen molar-refractivity contribution in [3.63, 3.8) is 0 Å². The van der Waals surface area contributed by atoms with Gasteiger partial charge in [-0.1, -0.05) is 12.1 Å². The summed E-state index contributed by atoms with van der Waals surface area (Å²) < 4.78 is 0. The molecular weight excluding hydrogens is 192 g/mol. The van der Waals surface area contributed by atoms with Gasteiger partial charge in [0.2, 0.25) is 0 Å². The maximum absolute atomic E-state index is 11.0. The first-order chi connectivity index (χ1) is 6.98. The van der Waals surface area contributed by atoms with Gasteiger partial charge in [-0.15, -0.1) is 0 Å². The predicted octanol–water partition coefficient (Wildman–Crippen LogP) is 0.861. The van der Waals surface area contributed by atoms with Crippen molar-refractivity contribution < 1.29 is 9.90 Å². The molecule has 0 saturated heterocycles. The van der Waals surface area contributed by atoms with Crippen LogP contribution >= 0.6 is 0 Å². The van der Waals surface area contributed by atoms with Crippen LogP contribution in [-0.2, 0) is 11.2 Å². The lowest BCUT2D eigenvalue weighted by Crippen LogP contribution is -2.37. The first kappa shape index (κ1) is 11.5. The van der Waals surface area contributed by atoms with Crippen molar-refractivity contribution in [2.45, 2.75) is 13.3 Å². The zero-order chi connectivity index (χ0) is 11.5. The van der Waals surface area contributed by atoms with E-state index in [1.807, 2.05) is 12.1 Å². The van der Waals surface area contributed by atoms with Crippen molar-refractivity contribution in [3.05, 3.63) is 29.8 Å². The Morgan fingerprint density at radius 1 is 1.53 bits per heavy atom. The van der Waals surface area contributed by atoms with E-state index in [1.165, 1.54) is 0 Å². The summed E-state index contributed by atoms with van der Waals surface area (Å²) in [4.78, 5) is 11.0. The standard InChI is InChI=1S/C11H16N2O2/c1-11(7-12,10(14)15)6-8-3-2-4-9(13)5-8/h2-5H,6-7,12-13H2,1H3,(H,14,15). The molecule has 1 unspecified atom stereocenters. The molecule has 0 bridgehead atoms. The van der Waals surface area contributed by atoms with E-state index in [0.717, 1.165) is 5.56 Å². The highest BCUT2D eigenvalue weighted by Crippen LogP contribution is 2.22. The van der Waals surface area contributed by atoms with E-state index < -0.39 is 11.4 Å². The third-order valence-electron chi connectivity index (χ3n) is 2.51. The molecule has 4 heteroatoms. The Morgan fingerprint density at radius 3 is 2.67 bits per heavy atom. The van der Waals surface area contributed by atoms with Gasteiger partial charge in [-0.2, -0.15) is 0 Å². The zero-order valence-electron chi connectivity index (χ0n) is 8.73. The lowest BCUT2D eigenvalue weighted by atomic mass is 9.84. The molecule has 0 aliphatic carbocycles. The fraction of sp³-hybridized carbons (Fsp3) is 0.364. The highest BCUT2D eigenvalue weighted by atomic mass is 16.4. The van der Waals surface area contributed by atoms with Crippen LogP contribution < -0.4 is 11.5 Å². The molecule has 0 amide bonds. The Bertz CT molecular complexity index is 365. The van der Waals surface area contributed by atoms with Gasteiger partial charge >= 0.3 is 5.97 Å². The maximum Gasteiger partial charge on any atom is 0.310 e. The quantitative estimate of drug-likeness (QED) is 0.640. The number of carboxylic acids is 1. The normalized spacial score (nSPS) is 14.5. The molecule has 82 valence electrons. The number of carboxylic acid groups (broad SMARTS) is 1. The molecule has 0 saturated carbocycles. The SMILES string of the molecule is CC(CN)(Cc1cccc(N)c1)C(=O)O. The molecule has 0 aliphatic rings. The van der Waals surface area contributed by atoms with Crippen LogP contribution in [-0.4, -0.2) is 17.6 Å². The number of nitrogen functional groups attached to an aromatic ring is 1. The van der Waals surface area contributed by atoms with Gasteiger partial charge in [0, 0.05) is 12.2 Å². The van der Waals surface area contributed by atoms with Crippen molar-refractivity contribution in [1.29, 1.82) is 0 Å². The van der Waals surface area contributed by atoms with Gasteiger partial charge in [0.1, 0.15) is 0 Å². The highest BCUT2D eigenvalue weighted by Gasteiger charge is 2.31. The number of carbonyl (C=O) groups is 1. The summed E-state index contributed by atoms with van der Waals surface area (Å²) in [6.07, 6.45) is 0.393. The molecule has 1 aromatic rings. The molecule has 0 aliphatic heterocycles. The fourth-order valence-electron chi connectivity index (χ4n) is 1.39. The Labute approximate surface area is 88.9 Å². The Morgan fingerprint density at radius 2 is 2.20 bits per heavy atom. The van der Waals surface area contributed by atoms with Gasteiger partial charge in [-0.05, 0) is 31.0 Å². The van der Waals surface area contributed by atoms with Crippen molar-refractivity contribution >= 4 is 11.7 Å². The molecule has 0 heterocycles.